The quantitative estimate of drug-likeness (QED) is 0.887. The first-order valence-electron chi connectivity index (χ1n) is 8.19. The van der Waals surface area contributed by atoms with Crippen LogP contribution < -0.4 is 5.32 Å². The van der Waals surface area contributed by atoms with Crippen molar-refractivity contribution < 1.29 is 23.2 Å². The van der Waals surface area contributed by atoms with Crippen molar-refractivity contribution in [1.82, 2.24) is 15.1 Å². The summed E-state index contributed by atoms with van der Waals surface area (Å²) in [7, 11) is 0. The van der Waals surface area contributed by atoms with Gasteiger partial charge in [0.25, 0.3) is 11.8 Å². The molecule has 0 bridgehead atoms. The summed E-state index contributed by atoms with van der Waals surface area (Å²) in [6.45, 7) is 1.36. The Morgan fingerprint density at radius 2 is 1.77 bits per heavy atom. The molecule has 26 heavy (non-hydrogen) atoms. The molecule has 136 valence electrons. The van der Waals surface area contributed by atoms with Gasteiger partial charge in [0.15, 0.2) is 5.76 Å². The summed E-state index contributed by atoms with van der Waals surface area (Å²) < 4.78 is 18.2. The van der Waals surface area contributed by atoms with Crippen LogP contribution in [-0.4, -0.2) is 60.2 Å². The summed E-state index contributed by atoms with van der Waals surface area (Å²) in [4.78, 5) is 39.5. The van der Waals surface area contributed by atoms with E-state index in [1.54, 1.807) is 21.9 Å². The van der Waals surface area contributed by atoms with Crippen molar-refractivity contribution in [3.8, 4) is 0 Å². The highest BCUT2D eigenvalue weighted by Crippen LogP contribution is 2.09. The first kappa shape index (κ1) is 17.7. The fraction of sp³-hybridized carbons (Fsp3) is 0.278. The normalized spacial score (nSPS) is 14.2. The van der Waals surface area contributed by atoms with Crippen molar-refractivity contribution in [2.45, 2.75) is 0 Å². The molecule has 2 aromatic rings. The minimum atomic E-state index is -0.513. The molecule has 2 heterocycles. The Balaban J connectivity index is 1.46. The Bertz CT molecular complexity index is 799. The summed E-state index contributed by atoms with van der Waals surface area (Å²) in [6.07, 6.45) is 1.44. The third-order valence-corrected chi connectivity index (χ3v) is 4.14. The van der Waals surface area contributed by atoms with Crippen LogP contribution in [0.5, 0.6) is 0 Å². The number of carbonyl (C=O) groups is 3. The van der Waals surface area contributed by atoms with Crippen molar-refractivity contribution in [3.05, 3.63) is 59.8 Å². The second-order valence-corrected chi connectivity index (χ2v) is 5.84. The number of nitrogens with one attached hydrogen (secondary N) is 1. The molecule has 3 amide bonds. The standard InChI is InChI=1S/C18H18FN3O4/c19-14-4-1-3-13(11-14)17(24)20-12-16(23)21-6-8-22(9-7-21)18(25)15-5-2-10-26-15/h1-5,10-11H,6-9,12H2,(H,20,24). The fourth-order valence-corrected chi connectivity index (χ4v) is 2.71. The van der Waals surface area contributed by atoms with Gasteiger partial charge in [-0.25, -0.2) is 4.39 Å². The molecule has 0 aliphatic carbocycles. The average molecular weight is 359 g/mol. The van der Waals surface area contributed by atoms with E-state index in [1.165, 1.54) is 24.5 Å². The highest BCUT2D eigenvalue weighted by atomic mass is 19.1. The summed E-state index contributed by atoms with van der Waals surface area (Å²) >= 11 is 0. The molecule has 0 unspecified atom stereocenters. The predicted octanol–water partition coefficient (Wildman–Crippen LogP) is 1.13. The van der Waals surface area contributed by atoms with Gasteiger partial charge in [-0.15, -0.1) is 0 Å². The number of carbonyl (C=O) groups excluding carboxylic acids is 3. The Morgan fingerprint density at radius 1 is 1.04 bits per heavy atom. The topological polar surface area (TPSA) is 82.9 Å². The monoisotopic (exact) mass is 359 g/mol. The van der Waals surface area contributed by atoms with Crippen LogP contribution in [0.2, 0.25) is 0 Å². The van der Waals surface area contributed by atoms with Crippen LogP contribution in [0, 0.1) is 5.82 Å². The maximum Gasteiger partial charge on any atom is 0.289 e. The largest absolute Gasteiger partial charge is 0.459 e. The lowest BCUT2D eigenvalue weighted by atomic mass is 10.2. The molecule has 3 rings (SSSR count). The highest BCUT2D eigenvalue weighted by Gasteiger charge is 2.26. The minimum absolute atomic E-state index is 0.159. The molecule has 0 radical (unpaired) electrons. The fourth-order valence-electron chi connectivity index (χ4n) is 2.71. The molecule has 1 fully saturated rings. The first-order chi connectivity index (χ1) is 12.5. The Hall–Kier alpha value is -3.16. The number of nitrogens with zero attached hydrogens (tertiary/aromatic N) is 2. The van der Waals surface area contributed by atoms with Crippen molar-refractivity contribution in [2.24, 2.45) is 0 Å². The SMILES string of the molecule is O=C(NCC(=O)N1CCN(C(=O)c2ccco2)CC1)c1cccc(F)c1. The zero-order valence-electron chi connectivity index (χ0n) is 14.0. The van der Waals surface area contributed by atoms with E-state index in [9.17, 15) is 18.8 Å². The lowest BCUT2D eigenvalue weighted by Gasteiger charge is -2.34. The van der Waals surface area contributed by atoms with Gasteiger partial charge in [-0.2, -0.15) is 0 Å². The smallest absolute Gasteiger partial charge is 0.289 e. The van der Waals surface area contributed by atoms with Crippen LogP contribution in [-0.2, 0) is 4.79 Å². The van der Waals surface area contributed by atoms with Crippen LogP contribution in [0.1, 0.15) is 20.9 Å². The summed E-state index contributed by atoms with van der Waals surface area (Å²) in [5, 5.41) is 2.49. The molecule has 8 heteroatoms. The minimum Gasteiger partial charge on any atom is -0.459 e. The molecule has 1 aliphatic rings. The van der Waals surface area contributed by atoms with Gasteiger partial charge in [0.05, 0.1) is 12.8 Å². The van der Waals surface area contributed by atoms with Gasteiger partial charge >= 0.3 is 0 Å². The van der Waals surface area contributed by atoms with E-state index < -0.39 is 11.7 Å². The second-order valence-electron chi connectivity index (χ2n) is 5.84. The van der Waals surface area contributed by atoms with Gasteiger partial charge in [0, 0.05) is 31.7 Å². The van der Waals surface area contributed by atoms with Gasteiger partial charge < -0.3 is 19.5 Å². The van der Waals surface area contributed by atoms with Gasteiger partial charge in [0.1, 0.15) is 5.82 Å². The molecule has 0 spiro atoms. The summed E-state index contributed by atoms with van der Waals surface area (Å²) in [5.74, 6) is -1.21. The van der Waals surface area contributed by atoms with Crippen LogP contribution >= 0.6 is 0 Å². The molecule has 7 nitrogen and oxygen atoms in total. The van der Waals surface area contributed by atoms with E-state index in [2.05, 4.69) is 5.32 Å². The van der Waals surface area contributed by atoms with E-state index in [1.807, 2.05) is 0 Å². The van der Waals surface area contributed by atoms with Gasteiger partial charge in [-0.05, 0) is 30.3 Å². The van der Waals surface area contributed by atoms with Gasteiger partial charge in [0.2, 0.25) is 5.91 Å². The molecular formula is C18H18FN3O4. The third kappa shape index (κ3) is 4.08. The third-order valence-electron chi connectivity index (χ3n) is 4.14. The summed E-state index contributed by atoms with van der Waals surface area (Å²) in [5.41, 5.74) is 0.159. The summed E-state index contributed by atoms with van der Waals surface area (Å²) in [6, 6.07) is 8.50. The lowest BCUT2D eigenvalue weighted by Crippen LogP contribution is -2.52. The Kier molecular flexibility index (Phi) is 5.31. The van der Waals surface area contributed by atoms with Crippen molar-refractivity contribution in [2.75, 3.05) is 32.7 Å². The van der Waals surface area contributed by atoms with Crippen LogP contribution in [0.15, 0.2) is 47.1 Å². The number of halogens is 1. The van der Waals surface area contributed by atoms with E-state index >= 15 is 0 Å². The lowest BCUT2D eigenvalue weighted by molar-refractivity contribution is -0.131. The molecule has 1 aromatic heterocycles. The number of hydrogen-bond acceptors (Lipinski definition) is 4. The highest BCUT2D eigenvalue weighted by molar-refractivity contribution is 5.96. The zero-order chi connectivity index (χ0) is 18.5. The zero-order valence-corrected chi connectivity index (χ0v) is 14.0. The van der Waals surface area contributed by atoms with Crippen LogP contribution in [0.4, 0.5) is 4.39 Å². The molecular weight excluding hydrogens is 341 g/mol. The number of piperazine rings is 1. The van der Waals surface area contributed by atoms with Crippen molar-refractivity contribution in [1.29, 1.82) is 0 Å². The number of benzene rings is 1. The maximum atomic E-state index is 13.1. The Morgan fingerprint density at radius 3 is 2.42 bits per heavy atom. The average Bonchev–Trinajstić information content (AvgIpc) is 3.20. The van der Waals surface area contributed by atoms with E-state index in [4.69, 9.17) is 4.42 Å². The van der Waals surface area contributed by atoms with Crippen LogP contribution in [0.25, 0.3) is 0 Å². The number of furan rings is 1. The maximum absolute atomic E-state index is 13.1. The van der Waals surface area contributed by atoms with Gasteiger partial charge in [-0.3, -0.25) is 14.4 Å². The number of amides is 3. The second kappa shape index (κ2) is 7.81. The number of rotatable bonds is 4. The molecule has 1 N–H and O–H groups in total. The van der Waals surface area contributed by atoms with Crippen molar-refractivity contribution >= 4 is 17.7 Å². The molecule has 0 saturated carbocycles. The molecule has 1 aliphatic heterocycles. The van der Waals surface area contributed by atoms with E-state index in [-0.39, 0.29) is 29.7 Å². The van der Waals surface area contributed by atoms with E-state index in [0.29, 0.717) is 26.2 Å². The molecule has 0 atom stereocenters. The number of hydrogen-bond donors (Lipinski definition) is 1. The van der Waals surface area contributed by atoms with E-state index in [0.717, 1.165) is 6.07 Å². The predicted molar refractivity (Wildman–Crippen MR) is 89.9 cm³/mol. The van der Waals surface area contributed by atoms with Gasteiger partial charge in [-0.1, -0.05) is 6.07 Å². The Labute approximate surface area is 149 Å². The van der Waals surface area contributed by atoms with Crippen LogP contribution in [0.3, 0.4) is 0 Å². The van der Waals surface area contributed by atoms with Crippen molar-refractivity contribution in [3.63, 3.8) is 0 Å². The molecule has 1 saturated heterocycles. The molecule has 1 aromatic carbocycles. The first-order valence-corrected chi connectivity index (χ1v) is 8.19.